The zero-order chi connectivity index (χ0) is 13.3. The molecule has 6 heteroatoms. The molecule has 96 valence electrons. The Hall–Kier alpha value is -2.11. The highest BCUT2D eigenvalue weighted by molar-refractivity contribution is 6.01. The van der Waals surface area contributed by atoms with E-state index in [-0.39, 0.29) is 11.3 Å². The van der Waals surface area contributed by atoms with Crippen LogP contribution in [0.3, 0.4) is 0 Å². The van der Waals surface area contributed by atoms with Gasteiger partial charge in [-0.25, -0.2) is 9.18 Å². The number of hydrogen-bond acceptors (Lipinski definition) is 3. The fourth-order valence-corrected chi connectivity index (χ4v) is 2.14. The van der Waals surface area contributed by atoms with Crippen LogP contribution in [0.25, 0.3) is 0 Å². The van der Waals surface area contributed by atoms with Crippen LogP contribution in [-0.4, -0.2) is 34.5 Å². The van der Waals surface area contributed by atoms with Gasteiger partial charge in [0.2, 0.25) is 0 Å². The summed E-state index contributed by atoms with van der Waals surface area (Å²) in [6, 6.07) is 3.09. The number of carbonyl (C=O) groups is 2. The van der Waals surface area contributed by atoms with Gasteiger partial charge in [-0.15, -0.1) is 0 Å². The number of nitrogens with two attached hydrogens (primary N) is 1. The zero-order valence-electron chi connectivity index (χ0n) is 9.60. The fraction of sp³-hybridized carbons (Fsp3) is 0.333. The van der Waals surface area contributed by atoms with Crippen molar-refractivity contribution in [2.75, 3.05) is 12.3 Å². The van der Waals surface area contributed by atoms with Crippen molar-refractivity contribution in [3.8, 4) is 0 Å². The predicted octanol–water partition coefficient (Wildman–Crippen LogP) is 1.10. The van der Waals surface area contributed by atoms with E-state index in [1.807, 2.05) is 0 Å². The van der Waals surface area contributed by atoms with Crippen LogP contribution in [-0.2, 0) is 4.79 Å². The normalized spacial score (nSPS) is 18.9. The summed E-state index contributed by atoms with van der Waals surface area (Å²) in [6.45, 7) is 0.353. The summed E-state index contributed by atoms with van der Waals surface area (Å²) < 4.78 is 13.3. The van der Waals surface area contributed by atoms with Crippen LogP contribution in [0.5, 0.6) is 0 Å². The van der Waals surface area contributed by atoms with Gasteiger partial charge in [-0.1, -0.05) is 6.07 Å². The second-order valence-corrected chi connectivity index (χ2v) is 4.20. The lowest BCUT2D eigenvalue weighted by Gasteiger charge is -2.22. The third-order valence-electron chi connectivity index (χ3n) is 3.08. The lowest BCUT2D eigenvalue weighted by Crippen LogP contribution is -2.40. The molecule has 1 aliphatic heterocycles. The number of nitrogens with zero attached hydrogens (tertiary/aromatic N) is 1. The quantitative estimate of drug-likeness (QED) is 0.772. The number of nitrogen functional groups attached to an aromatic ring is 1. The Labute approximate surface area is 103 Å². The van der Waals surface area contributed by atoms with E-state index in [9.17, 15) is 14.0 Å². The molecule has 3 N–H and O–H groups in total. The first-order valence-corrected chi connectivity index (χ1v) is 5.60. The lowest BCUT2D eigenvalue weighted by atomic mass is 10.1. The van der Waals surface area contributed by atoms with E-state index in [2.05, 4.69) is 0 Å². The van der Waals surface area contributed by atoms with E-state index in [4.69, 9.17) is 10.8 Å². The maximum atomic E-state index is 13.3. The molecule has 1 atom stereocenters. The van der Waals surface area contributed by atoms with Crippen molar-refractivity contribution in [2.24, 2.45) is 0 Å². The summed E-state index contributed by atoms with van der Waals surface area (Å²) in [5, 5.41) is 9.00. The molecule has 1 heterocycles. The number of aliphatic carboxylic acids is 1. The largest absolute Gasteiger partial charge is 0.480 e. The Bertz CT molecular complexity index is 504. The lowest BCUT2D eigenvalue weighted by molar-refractivity contribution is -0.141. The Morgan fingerprint density at radius 1 is 1.44 bits per heavy atom. The minimum Gasteiger partial charge on any atom is -0.480 e. The molecule has 1 aromatic rings. The molecule has 0 aliphatic carbocycles. The molecular weight excluding hydrogens is 239 g/mol. The number of carbonyl (C=O) groups excluding carboxylic acids is 1. The van der Waals surface area contributed by atoms with E-state index >= 15 is 0 Å². The van der Waals surface area contributed by atoms with Crippen molar-refractivity contribution in [2.45, 2.75) is 18.9 Å². The molecule has 18 heavy (non-hydrogen) atoms. The number of anilines is 1. The topological polar surface area (TPSA) is 83.6 Å². The minimum atomic E-state index is -1.05. The molecular formula is C12H13FN2O3. The van der Waals surface area contributed by atoms with Crippen LogP contribution >= 0.6 is 0 Å². The molecule has 0 saturated carbocycles. The first-order chi connectivity index (χ1) is 8.52. The van der Waals surface area contributed by atoms with Gasteiger partial charge >= 0.3 is 5.97 Å². The van der Waals surface area contributed by atoms with Gasteiger partial charge in [0, 0.05) is 6.54 Å². The van der Waals surface area contributed by atoms with Crippen LogP contribution in [0.4, 0.5) is 10.1 Å². The molecule has 0 bridgehead atoms. The van der Waals surface area contributed by atoms with Crippen molar-refractivity contribution in [3.63, 3.8) is 0 Å². The molecule has 1 aliphatic rings. The summed E-state index contributed by atoms with van der Waals surface area (Å²) in [4.78, 5) is 24.4. The Morgan fingerprint density at radius 3 is 2.83 bits per heavy atom. The van der Waals surface area contributed by atoms with Gasteiger partial charge in [-0.3, -0.25) is 4.79 Å². The zero-order valence-corrected chi connectivity index (χ0v) is 9.60. The van der Waals surface area contributed by atoms with Crippen LogP contribution in [0.1, 0.15) is 23.2 Å². The molecule has 1 amide bonds. The van der Waals surface area contributed by atoms with E-state index in [1.54, 1.807) is 0 Å². The van der Waals surface area contributed by atoms with Gasteiger partial charge in [0.15, 0.2) is 0 Å². The molecule has 1 fully saturated rings. The number of halogens is 1. The highest BCUT2D eigenvalue weighted by Crippen LogP contribution is 2.24. The van der Waals surface area contributed by atoms with Crippen molar-refractivity contribution in [3.05, 3.63) is 29.6 Å². The molecule has 1 aromatic carbocycles. The van der Waals surface area contributed by atoms with Gasteiger partial charge in [0.25, 0.3) is 5.91 Å². The number of carboxylic acids is 1. The highest BCUT2D eigenvalue weighted by atomic mass is 19.1. The number of amides is 1. The number of para-hydroxylation sites is 1. The Kier molecular flexibility index (Phi) is 3.18. The SMILES string of the molecule is Nc1c(F)cccc1C(=O)N1CCC[C@H]1C(=O)O. The van der Waals surface area contributed by atoms with Gasteiger partial charge in [-0.05, 0) is 25.0 Å². The Balaban J connectivity index is 2.31. The van der Waals surface area contributed by atoms with Crippen LogP contribution in [0.15, 0.2) is 18.2 Å². The van der Waals surface area contributed by atoms with E-state index in [1.165, 1.54) is 17.0 Å². The molecule has 0 radical (unpaired) electrons. The standard InChI is InChI=1S/C12H13FN2O3/c13-8-4-1-3-7(10(8)14)11(16)15-6-2-5-9(15)12(17)18/h1,3-4,9H,2,5-6,14H2,(H,17,18)/t9-/m0/s1. The monoisotopic (exact) mass is 252 g/mol. The molecule has 0 spiro atoms. The molecule has 0 aromatic heterocycles. The summed E-state index contributed by atoms with van der Waals surface area (Å²) >= 11 is 0. The second kappa shape index (κ2) is 4.64. The Morgan fingerprint density at radius 2 is 2.17 bits per heavy atom. The van der Waals surface area contributed by atoms with Crippen LogP contribution < -0.4 is 5.73 Å². The second-order valence-electron chi connectivity index (χ2n) is 4.20. The number of hydrogen-bond donors (Lipinski definition) is 2. The number of carboxylic acid groups (broad SMARTS) is 1. The summed E-state index contributed by atoms with van der Waals surface area (Å²) in [6.07, 6.45) is 1.04. The third kappa shape index (κ3) is 2.01. The maximum absolute atomic E-state index is 13.3. The van der Waals surface area contributed by atoms with Gasteiger partial charge in [0.1, 0.15) is 11.9 Å². The number of likely N-dealkylation sites (tertiary alicyclic amines) is 1. The summed E-state index contributed by atoms with van der Waals surface area (Å²) in [5.41, 5.74) is 5.28. The molecule has 2 rings (SSSR count). The van der Waals surface area contributed by atoms with E-state index < -0.39 is 23.7 Å². The average molecular weight is 252 g/mol. The highest BCUT2D eigenvalue weighted by Gasteiger charge is 2.35. The summed E-state index contributed by atoms with van der Waals surface area (Å²) in [5.74, 6) is -2.25. The summed E-state index contributed by atoms with van der Waals surface area (Å²) in [7, 11) is 0. The van der Waals surface area contributed by atoms with Gasteiger partial charge < -0.3 is 15.7 Å². The van der Waals surface area contributed by atoms with Crippen molar-refractivity contribution >= 4 is 17.6 Å². The first kappa shape index (κ1) is 12.3. The van der Waals surface area contributed by atoms with E-state index in [0.717, 1.165) is 6.07 Å². The molecule has 1 saturated heterocycles. The average Bonchev–Trinajstić information content (AvgIpc) is 2.81. The predicted molar refractivity (Wildman–Crippen MR) is 62.5 cm³/mol. The maximum Gasteiger partial charge on any atom is 0.326 e. The number of benzene rings is 1. The van der Waals surface area contributed by atoms with Crippen molar-refractivity contribution in [1.82, 2.24) is 4.90 Å². The first-order valence-electron chi connectivity index (χ1n) is 5.60. The minimum absolute atomic E-state index is 0.0168. The van der Waals surface area contributed by atoms with Gasteiger partial charge in [-0.2, -0.15) is 0 Å². The van der Waals surface area contributed by atoms with Gasteiger partial charge in [0.05, 0.1) is 11.3 Å². The molecule has 5 nitrogen and oxygen atoms in total. The van der Waals surface area contributed by atoms with Crippen molar-refractivity contribution in [1.29, 1.82) is 0 Å². The number of rotatable bonds is 2. The fourth-order valence-electron chi connectivity index (χ4n) is 2.14. The smallest absolute Gasteiger partial charge is 0.326 e. The van der Waals surface area contributed by atoms with Crippen LogP contribution in [0, 0.1) is 5.82 Å². The van der Waals surface area contributed by atoms with E-state index in [0.29, 0.717) is 19.4 Å². The molecule has 0 unspecified atom stereocenters. The van der Waals surface area contributed by atoms with Crippen molar-refractivity contribution < 1.29 is 19.1 Å². The van der Waals surface area contributed by atoms with Crippen LogP contribution in [0.2, 0.25) is 0 Å². The third-order valence-corrected chi connectivity index (χ3v) is 3.08.